The first-order valence-electron chi connectivity index (χ1n) is 17.7. The number of hydrogen-bond donors (Lipinski definition) is 3. The third kappa shape index (κ3) is 9.75. The van der Waals surface area contributed by atoms with Crippen molar-refractivity contribution >= 4 is 32.7 Å². The smallest absolute Gasteiger partial charge is 0.490 e. The summed E-state index contributed by atoms with van der Waals surface area (Å²) in [4.78, 5) is 24.2. The maximum Gasteiger partial charge on any atom is 0.490 e. The molecule has 2 bridgehead atoms. The van der Waals surface area contributed by atoms with Crippen LogP contribution in [0.3, 0.4) is 0 Å². The fourth-order valence-corrected chi connectivity index (χ4v) is 8.37. The SMILES string of the molecule is CCCCOc1ccc(C(F)(F)[C@@H](NS(=O)(=O)c2ccc3cc(OC4CCCC4)ccc3c2)C(=O)N2C3CCC2CC(N)C3)cc1.O=C(O)C(F)(F)F. The zero-order valence-corrected chi connectivity index (χ0v) is 30.0. The van der Waals surface area contributed by atoms with Gasteiger partial charge in [-0.1, -0.05) is 25.5 Å². The van der Waals surface area contributed by atoms with Crippen LogP contribution in [-0.2, 0) is 25.5 Å². The van der Waals surface area contributed by atoms with Crippen LogP contribution in [0.25, 0.3) is 10.8 Å². The molecule has 3 aliphatic rings. The van der Waals surface area contributed by atoms with Crippen LogP contribution in [0.5, 0.6) is 11.5 Å². The first-order valence-corrected chi connectivity index (χ1v) is 19.2. The second kappa shape index (κ2) is 16.6. The van der Waals surface area contributed by atoms with Gasteiger partial charge in [-0.2, -0.15) is 26.7 Å². The second-order valence-electron chi connectivity index (χ2n) is 13.8. The molecule has 1 amide bonds. The summed E-state index contributed by atoms with van der Waals surface area (Å²) in [7, 11) is -4.56. The Balaban J connectivity index is 0.000000705. The predicted octanol–water partition coefficient (Wildman–Crippen LogP) is 6.89. The molecule has 0 radical (unpaired) electrons. The van der Waals surface area contributed by atoms with E-state index in [0.29, 0.717) is 49.2 Å². The van der Waals surface area contributed by atoms with Crippen molar-refractivity contribution in [3.8, 4) is 11.5 Å². The number of unbranched alkanes of at least 4 members (excludes halogenated alkanes) is 1. The van der Waals surface area contributed by atoms with Crippen LogP contribution in [0.4, 0.5) is 22.0 Å². The molecule has 3 aromatic carbocycles. The van der Waals surface area contributed by atoms with Crippen molar-refractivity contribution in [2.24, 2.45) is 5.73 Å². The Morgan fingerprint density at radius 2 is 1.47 bits per heavy atom. The number of carbonyl (C=O) groups excluding carboxylic acids is 1. The van der Waals surface area contributed by atoms with E-state index in [-0.39, 0.29) is 29.1 Å². The molecule has 6 rings (SSSR count). The number of hydrogen-bond acceptors (Lipinski definition) is 7. The van der Waals surface area contributed by atoms with Crippen molar-refractivity contribution in [2.45, 2.75) is 118 Å². The molecule has 2 saturated heterocycles. The van der Waals surface area contributed by atoms with E-state index in [0.717, 1.165) is 43.9 Å². The fourth-order valence-electron chi connectivity index (χ4n) is 7.15. The monoisotopic (exact) mass is 769 g/mol. The van der Waals surface area contributed by atoms with E-state index in [1.807, 2.05) is 13.0 Å². The lowest BCUT2D eigenvalue weighted by molar-refractivity contribution is -0.192. The molecule has 3 atom stereocenters. The quantitative estimate of drug-likeness (QED) is 0.133. The zero-order chi connectivity index (χ0) is 38.6. The minimum absolute atomic E-state index is 0.126. The normalized spacial score (nSPS) is 21.2. The van der Waals surface area contributed by atoms with Crippen LogP contribution in [0.15, 0.2) is 65.6 Å². The minimum atomic E-state index is -5.08. The summed E-state index contributed by atoms with van der Waals surface area (Å²) in [6.45, 7) is 2.47. The third-order valence-corrected chi connectivity index (χ3v) is 11.3. The summed E-state index contributed by atoms with van der Waals surface area (Å²) in [5, 5.41) is 8.49. The number of benzene rings is 3. The molecule has 2 unspecified atom stereocenters. The largest absolute Gasteiger partial charge is 0.494 e. The summed E-state index contributed by atoms with van der Waals surface area (Å²) in [5.41, 5.74) is 5.70. The van der Waals surface area contributed by atoms with Gasteiger partial charge in [0.15, 0.2) is 6.04 Å². The van der Waals surface area contributed by atoms with Gasteiger partial charge in [-0.25, -0.2) is 13.2 Å². The highest BCUT2D eigenvalue weighted by Crippen LogP contribution is 2.40. The fraction of sp³-hybridized carbons (Fsp3) is 0.514. The molecule has 3 fully saturated rings. The molecule has 3 aromatic rings. The molecule has 290 valence electrons. The van der Waals surface area contributed by atoms with Crippen LogP contribution in [0.2, 0.25) is 0 Å². The number of fused-ring (bicyclic) bond motifs is 3. The van der Waals surface area contributed by atoms with Gasteiger partial charge in [-0.3, -0.25) is 4.79 Å². The lowest BCUT2D eigenvalue weighted by atomic mass is 9.94. The van der Waals surface area contributed by atoms with Gasteiger partial charge in [0.1, 0.15) is 11.5 Å². The molecular weight excluding hydrogens is 725 g/mol. The standard InChI is InChI=1S/C35H43F2N3O5S.C2HF3O2/c1-2-3-18-44-29-15-10-25(11-16-29)35(36,37)33(34(41)40-27-12-13-28(40)22-26(38)21-27)39-46(42,43)32-17-9-23-19-31(14-8-24(23)20-32)45-30-6-4-5-7-30;3-2(4,5)1(6)7/h8-11,14-17,19-20,26-28,30,33,39H,2-7,12-13,18,21-22,38H2,1H3;(H,6,7)/t26?,27?,28?,33-;/m0./s1. The van der Waals surface area contributed by atoms with Crippen molar-refractivity contribution in [1.29, 1.82) is 0 Å². The van der Waals surface area contributed by atoms with E-state index in [2.05, 4.69) is 4.72 Å². The predicted molar refractivity (Wildman–Crippen MR) is 186 cm³/mol. The Labute approximate surface area is 304 Å². The number of amides is 1. The van der Waals surface area contributed by atoms with Gasteiger partial charge in [0, 0.05) is 23.7 Å². The number of ether oxygens (including phenoxy) is 2. The molecule has 10 nitrogen and oxygen atoms in total. The minimum Gasteiger partial charge on any atom is -0.494 e. The van der Waals surface area contributed by atoms with Crippen molar-refractivity contribution in [3.63, 3.8) is 0 Å². The average Bonchev–Trinajstić information content (AvgIpc) is 3.72. The Morgan fingerprint density at radius 3 is 2.06 bits per heavy atom. The van der Waals surface area contributed by atoms with E-state index in [1.54, 1.807) is 18.2 Å². The maximum absolute atomic E-state index is 16.5. The van der Waals surface area contributed by atoms with Gasteiger partial charge in [-0.15, -0.1) is 0 Å². The van der Waals surface area contributed by atoms with Crippen LogP contribution >= 0.6 is 0 Å². The molecule has 16 heteroatoms. The second-order valence-corrected chi connectivity index (χ2v) is 15.5. The highest BCUT2D eigenvalue weighted by molar-refractivity contribution is 7.89. The number of carbonyl (C=O) groups is 2. The van der Waals surface area contributed by atoms with E-state index in [9.17, 15) is 26.4 Å². The molecule has 0 aromatic heterocycles. The number of halogens is 5. The van der Waals surface area contributed by atoms with Gasteiger partial charge in [0.25, 0.3) is 5.92 Å². The van der Waals surface area contributed by atoms with Gasteiger partial charge >= 0.3 is 12.1 Å². The van der Waals surface area contributed by atoms with E-state index in [1.165, 1.54) is 41.3 Å². The number of rotatable bonds is 12. The van der Waals surface area contributed by atoms with E-state index < -0.39 is 45.6 Å². The lowest BCUT2D eigenvalue weighted by Crippen LogP contribution is -2.60. The maximum atomic E-state index is 16.5. The highest BCUT2D eigenvalue weighted by Gasteiger charge is 2.53. The zero-order valence-electron chi connectivity index (χ0n) is 29.2. The number of piperidine rings is 1. The molecule has 1 saturated carbocycles. The number of nitrogens with zero attached hydrogens (tertiary/aromatic N) is 1. The molecule has 4 N–H and O–H groups in total. The van der Waals surface area contributed by atoms with E-state index in [4.69, 9.17) is 25.1 Å². The number of aliphatic carboxylic acids is 1. The van der Waals surface area contributed by atoms with Crippen LogP contribution < -0.4 is 19.9 Å². The Hall–Kier alpha value is -4.02. The highest BCUT2D eigenvalue weighted by atomic mass is 32.2. The summed E-state index contributed by atoms with van der Waals surface area (Å²) in [5.74, 6) is -6.43. The summed E-state index contributed by atoms with van der Waals surface area (Å²) in [6.07, 6.45) is 3.42. The molecule has 2 heterocycles. The first kappa shape index (κ1) is 40.2. The van der Waals surface area contributed by atoms with Crippen molar-refractivity contribution in [2.75, 3.05) is 6.61 Å². The molecule has 0 spiro atoms. The van der Waals surface area contributed by atoms with Crippen LogP contribution in [0, 0.1) is 0 Å². The number of nitrogens with two attached hydrogens (primary N) is 1. The topological polar surface area (TPSA) is 148 Å². The third-order valence-electron chi connectivity index (χ3n) is 9.85. The number of sulfonamides is 1. The molecule has 53 heavy (non-hydrogen) atoms. The Bertz CT molecular complexity index is 1840. The molecule has 2 aliphatic heterocycles. The van der Waals surface area contributed by atoms with Crippen molar-refractivity contribution in [3.05, 3.63) is 66.2 Å². The number of carboxylic acids is 1. The Morgan fingerprint density at radius 1 is 0.906 bits per heavy atom. The van der Waals surface area contributed by atoms with Gasteiger partial charge < -0.3 is 25.2 Å². The first-order chi connectivity index (χ1) is 25.0. The van der Waals surface area contributed by atoms with Crippen LogP contribution in [0.1, 0.15) is 76.7 Å². The summed E-state index contributed by atoms with van der Waals surface area (Å²) >= 11 is 0. The van der Waals surface area contributed by atoms with E-state index >= 15 is 8.78 Å². The Kier molecular flexibility index (Phi) is 12.5. The average molecular weight is 770 g/mol. The lowest BCUT2D eigenvalue weighted by Gasteiger charge is -2.41. The van der Waals surface area contributed by atoms with Gasteiger partial charge in [0.2, 0.25) is 15.9 Å². The van der Waals surface area contributed by atoms with Gasteiger partial charge in [-0.05, 0) is 117 Å². The van der Waals surface area contributed by atoms with Gasteiger partial charge in [0.05, 0.1) is 17.6 Å². The van der Waals surface area contributed by atoms with Crippen LogP contribution in [-0.4, -0.2) is 73.4 Å². The number of alkyl halides is 5. The molecule has 1 aliphatic carbocycles. The summed E-state index contributed by atoms with van der Waals surface area (Å²) < 4.78 is 106. The summed E-state index contributed by atoms with van der Waals surface area (Å²) in [6, 6.07) is 12.0. The van der Waals surface area contributed by atoms with Crippen molar-refractivity contribution < 1.29 is 54.5 Å². The number of carboxylic acid groups (broad SMARTS) is 1. The molecular formula is C37H44F5N3O7S. The number of nitrogens with one attached hydrogen (secondary N) is 1. The van der Waals surface area contributed by atoms with Crippen molar-refractivity contribution in [1.82, 2.24) is 9.62 Å².